The lowest BCUT2D eigenvalue weighted by molar-refractivity contribution is 0.576. The number of benzene rings is 2. The Bertz CT molecular complexity index is 669. The van der Waals surface area contributed by atoms with Gasteiger partial charge in [0, 0.05) is 19.0 Å². The minimum Gasteiger partial charge on any atom is -0.366 e. The highest BCUT2D eigenvalue weighted by Crippen LogP contribution is 2.33. The second kappa shape index (κ2) is 5.53. The zero-order valence-electron chi connectivity index (χ0n) is 11.4. The molecule has 2 aromatic carbocycles. The van der Waals surface area contributed by atoms with Gasteiger partial charge in [0.15, 0.2) is 11.6 Å². The summed E-state index contributed by atoms with van der Waals surface area (Å²) in [7, 11) is 0. The summed E-state index contributed by atoms with van der Waals surface area (Å²) >= 11 is 0. The molecule has 0 spiro atoms. The molecule has 1 unspecified atom stereocenters. The predicted molar refractivity (Wildman–Crippen MR) is 77.1 cm³/mol. The van der Waals surface area contributed by atoms with Crippen LogP contribution in [-0.2, 0) is 0 Å². The van der Waals surface area contributed by atoms with Gasteiger partial charge in [0.05, 0.1) is 11.6 Å². The zero-order chi connectivity index (χ0) is 14.8. The van der Waals surface area contributed by atoms with E-state index in [0.29, 0.717) is 13.1 Å². The molecule has 1 saturated heterocycles. The minimum atomic E-state index is -0.666. The van der Waals surface area contributed by atoms with E-state index in [9.17, 15) is 8.78 Å². The van der Waals surface area contributed by atoms with Crippen LogP contribution < -0.4 is 4.90 Å². The van der Waals surface area contributed by atoms with Crippen molar-refractivity contribution < 1.29 is 8.78 Å². The maximum Gasteiger partial charge on any atom is 0.150 e. The Balaban J connectivity index is 1.86. The molecule has 3 rings (SSSR count). The number of anilines is 1. The van der Waals surface area contributed by atoms with E-state index in [1.807, 2.05) is 30.3 Å². The van der Waals surface area contributed by atoms with E-state index in [0.717, 1.165) is 18.6 Å². The number of nitrogens with zero attached hydrogens (tertiary/aromatic N) is 2. The first-order valence-corrected chi connectivity index (χ1v) is 6.88. The summed E-state index contributed by atoms with van der Waals surface area (Å²) in [6, 6.07) is 13.9. The van der Waals surface area contributed by atoms with Crippen LogP contribution in [-0.4, -0.2) is 13.1 Å². The van der Waals surface area contributed by atoms with Gasteiger partial charge in [0.1, 0.15) is 5.69 Å². The molecule has 0 amide bonds. The summed E-state index contributed by atoms with van der Waals surface area (Å²) < 4.78 is 28.1. The van der Waals surface area contributed by atoms with Crippen LogP contribution in [0.1, 0.15) is 23.5 Å². The molecule has 0 aliphatic carbocycles. The van der Waals surface area contributed by atoms with E-state index in [4.69, 9.17) is 5.26 Å². The Labute approximate surface area is 122 Å². The Morgan fingerprint density at radius 1 is 1.10 bits per heavy atom. The fourth-order valence-corrected chi connectivity index (χ4v) is 2.89. The summed E-state index contributed by atoms with van der Waals surface area (Å²) in [5.74, 6) is -1.05. The lowest BCUT2D eigenvalue weighted by Gasteiger charge is -2.20. The van der Waals surface area contributed by atoms with Gasteiger partial charge in [-0.2, -0.15) is 5.26 Å². The first kappa shape index (κ1) is 13.6. The van der Waals surface area contributed by atoms with E-state index in [2.05, 4.69) is 0 Å². The molecule has 0 N–H and O–H groups in total. The van der Waals surface area contributed by atoms with Gasteiger partial charge in [-0.05, 0) is 24.1 Å². The molecule has 0 radical (unpaired) electrons. The van der Waals surface area contributed by atoms with Crippen LogP contribution in [0.4, 0.5) is 14.5 Å². The normalized spacial score (nSPS) is 17.8. The standard InChI is InChI=1S/C17H14F2N2/c18-15-8-12(10-20)9-16(19)17(15)21-7-6-14(11-21)13-4-2-1-3-5-13/h1-5,8-9,14H,6-7,11H2. The SMILES string of the molecule is N#Cc1cc(F)c(N2CCC(c3ccccc3)C2)c(F)c1. The van der Waals surface area contributed by atoms with Crippen LogP contribution in [0, 0.1) is 23.0 Å². The third-order valence-corrected chi connectivity index (χ3v) is 3.92. The van der Waals surface area contributed by atoms with Crippen molar-refractivity contribution in [3.63, 3.8) is 0 Å². The van der Waals surface area contributed by atoms with E-state index in [1.165, 1.54) is 5.56 Å². The van der Waals surface area contributed by atoms with Crippen LogP contribution in [0.25, 0.3) is 0 Å². The second-order valence-electron chi connectivity index (χ2n) is 5.24. The van der Waals surface area contributed by atoms with Gasteiger partial charge >= 0.3 is 0 Å². The van der Waals surface area contributed by atoms with E-state index < -0.39 is 11.6 Å². The number of halogens is 2. The number of hydrogen-bond donors (Lipinski definition) is 0. The van der Waals surface area contributed by atoms with Crippen molar-refractivity contribution >= 4 is 5.69 Å². The molecule has 21 heavy (non-hydrogen) atoms. The van der Waals surface area contributed by atoms with Crippen LogP contribution in [0.5, 0.6) is 0 Å². The maximum absolute atomic E-state index is 14.0. The molecule has 2 aromatic rings. The molecule has 1 aliphatic heterocycles. The number of hydrogen-bond acceptors (Lipinski definition) is 2. The van der Waals surface area contributed by atoms with E-state index in [1.54, 1.807) is 11.0 Å². The van der Waals surface area contributed by atoms with Gasteiger partial charge in [-0.25, -0.2) is 8.78 Å². The zero-order valence-corrected chi connectivity index (χ0v) is 11.4. The first-order chi connectivity index (χ1) is 10.2. The lowest BCUT2D eigenvalue weighted by Crippen LogP contribution is -2.22. The summed E-state index contributed by atoms with van der Waals surface area (Å²) in [6.07, 6.45) is 0.864. The molecule has 0 bridgehead atoms. The molecule has 1 atom stereocenters. The van der Waals surface area contributed by atoms with Gasteiger partial charge < -0.3 is 4.90 Å². The van der Waals surface area contributed by atoms with Crippen molar-refractivity contribution in [3.8, 4) is 6.07 Å². The molecule has 1 heterocycles. The Hall–Kier alpha value is -2.41. The molecule has 1 fully saturated rings. The van der Waals surface area contributed by atoms with Crippen LogP contribution in [0.15, 0.2) is 42.5 Å². The Morgan fingerprint density at radius 3 is 2.38 bits per heavy atom. The molecule has 2 nitrogen and oxygen atoms in total. The topological polar surface area (TPSA) is 27.0 Å². The van der Waals surface area contributed by atoms with Crippen molar-refractivity contribution in [1.82, 2.24) is 0 Å². The molecule has 0 saturated carbocycles. The maximum atomic E-state index is 14.0. The van der Waals surface area contributed by atoms with Gasteiger partial charge in [-0.15, -0.1) is 0 Å². The molecule has 4 heteroatoms. The smallest absolute Gasteiger partial charge is 0.150 e. The highest BCUT2D eigenvalue weighted by molar-refractivity contribution is 5.54. The summed E-state index contributed by atoms with van der Waals surface area (Å²) in [5.41, 5.74) is 1.18. The monoisotopic (exact) mass is 284 g/mol. The first-order valence-electron chi connectivity index (χ1n) is 6.88. The second-order valence-corrected chi connectivity index (χ2v) is 5.24. The van der Waals surface area contributed by atoms with Crippen LogP contribution >= 0.6 is 0 Å². The molecule has 0 aromatic heterocycles. The fourth-order valence-electron chi connectivity index (χ4n) is 2.89. The van der Waals surface area contributed by atoms with Crippen molar-refractivity contribution in [2.24, 2.45) is 0 Å². The highest BCUT2D eigenvalue weighted by atomic mass is 19.1. The predicted octanol–water partition coefficient (Wildman–Crippen LogP) is 3.83. The quantitative estimate of drug-likeness (QED) is 0.838. The van der Waals surface area contributed by atoms with Crippen molar-refractivity contribution in [2.45, 2.75) is 12.3 Å². The van der Waals surface area contributed by atoms with Gasteiger partial charge in [-0.1, -0.05) is 30.3 Å². The Kier molecular flexibility index (Phi) is 3.57. The van der Waals surface area contributed by atoms with Gasteiger partial charge in [0.25, 0.3) is 0 Å². The number of nitriles is 1. The third kappa shape index (κ3) is 2.59. The van der Waals surface area contributed by atoms with Crippen molar-refractivity contribution in [2.75, 3.05) is 18.0 Å². The van der Waals surface area contributed by atoms with Gasteiger partial charge in [-0.3, -0.25) is 0 Å². The third-order valence-electron chi connectivity index (χ3n) is 3.92. The van der Waals surface area contributed by atoms with Crippen LogP contribution in [0.3, 0.4) is 0 Å². The largest absolute Gasteiger partial charge is 0.366 e. The lowest BCUT2D eigenvalue weighted by atomic mass is 9.99. The molecule has 106 valence electrons. The molecular weight excluding hydrogens is 270 g/mol. The summed E-state index contributed by atoms with van der Waals surface area (Å²) in [5, 5.41) is 8.74. The minimum absolute atomic E-state index is 0.00700. The van der Waals surface area contributed by atoms with Crippen molar-refractivity contribution in [1.29, 1.82) is 5.26 Å². The highest BCUT2D eigenvalue weighted by Gasteiger charge is 2.28. The number of rotatable bonds is 2. The van der Waals surface area contributed by atoms with Crippen molar-refractivity contribution in [3.05, 3.63) is 65.2 Å². The van der Waals surface area contributed by atoms with E-state index >= 15 is 0 Å². The average Bonchev–Trinajstić information content (AvgIpc) is 2.97. The van der Waals surface area contributed by atoms with Crippen LogP contribution in [0.2, 0.25) is 0 Å². The summed E-state index contributed by atoms with van der Waals surface area (Å²) in [6.45, 7) is 1.20. The molecular formula is C17H14F2N2. The Morgan fingerprint density at radius 2 is 1.76 bits per heavy atom. The fraction of sp³-hybridized carbons (Fsp3) is 0.235. The van der Waals surface area contributed by atoms with Gasteiger partial charge in [0.2, 0.25) is 0 Å². The summed E-state index contributed by atoms with van der Waals surface area (Å²) in [4.78, 5) is 1.73. The average molecular weight is 284 g/mol. The van der Waals surface area contributed by atoms with E-state index in [-0.39, 0.29) is 17.2 Å². The molecule has 1 aliphatic rings.